The molecule has 2 aliphatic rings. The van der Waals surface area contributed by atoms with E-state index in [1.54, 1.807) is 0 Å². The molecule has 0 spiro atoms. The Kier molecular flexibility index (Phi) is 2.18. The lowest BCUT2D eigenvalue weighted by Crippen LogP contribution is -2.24. The summed E-state index contributed by atoms with van der Waals surface area (Å²) >= 11 is 0. The van der Waals surface area contributed by atoms with E-state index in [9.17, 15) is 4.79 Å². The molecule has 1 saturated carbocycles. The number of carbonyl (C=O) groups is 1. The lowest BCUT2D eigenvalue weighted by molar-refractivity contribution is -0.127. The zero-order chi connectivity index (χ0) is 8.55. The third-order valence-corrected chi connectivity index (χ3v) is 3.10. The first kappa shape index (κ1) is 8.24. The lowest BCUT2D eigenvalue weighted by Gasteiger charge is -2.20. The van der Waals surface area contributed by atoms with Crippen molar-refractivity contribution >= 4 is 5.78 Å². The van der Waals surface area contributed by atoms with Gasteiger partial charge in [0.15, 0.2) is 0 Å². The van der Waals surface area contributed by atoms with Crippen LogP contribution in [0, 0.1) is 17.8 Å². The van der Waals surface area contributed by atoms with Crippen LogP contribution in [0.15, 0.2) is 0 Å². The fourth-order valence-electron chi connectivity index (χ4n) is 2.00. The highest BCUT2D eigenvalue weighted by Crippen LogP contribution is 2.41. The van der Waals surface area contributed by atoms with Gasteiger partial charge in [-0.15, -0.1) is 0 Å². The third-order valence-electron chi connectivity index (χ3n) is 3.10. The topological polar surface area (TPSA) is 26.3 Å². The summed E-state index contributed by atoms with van der Waals surface area (Å²) in [4.78, 5) is 11.7. The van der Waals surface area contributed by atoms with Crippen LogP contribution in [0.25, 0.3) is 0 Å². The first-order valence-corrected chi connectivity index (χ1v) is 4.90. The van der Waals surface area contributed by atoms with Crippen molar-refractivity contribution in [3.05, 3.63) is 0 Å². The van der Waals surface area contributed by atoms with Crippen molar-refractivity contribution in [1.82, 2.24) is 0 Å². The molecule has 0 aromatic carbocycles. The summed E-state index contributed by atoms with van der Waals surface area (Å²) in [5.41, 5.74) is 0. The molecule has 1 saturated heterocycles. The van der Waals surface area contributed by atoms with Crippen LogP contribution in [0.4, 0.5) is 0 Å². The second-order valence-corrected chi connectivity index (χ2v) is 4.11. The number of rotatable bonds is 2. The molecule has 1 heterocycles. The Morgan fingerprint density at radius 2 is 1.92 bits per heavy atom. The van der Waals surface area contributed by atoms with E-state index in [4.69, 9.17) is 4.74 Å². The Bertz CT molecular complexity index is 182. The summed E-state index contributed by atoms with van der Waals surface area (Å²) in [6, 6.07) is 0. The van der Waals surface area contributed by atoms with Crippen molar-refractivity contribution in [3.8, 4) is 0 Å². The highest BCUT2D eigenvalue weighted by molar-refractivity contribution is 5.85. The van der Waals surface area contributed by atoms with Crippen molar-refractivity contribution in [2.24, 2.45) is 17.8 Å². The minimum absolute atomic E-state index is 0.327. The molecule has 0 amide bonds. The van der Waals surface area contributed by atoms with E-state index in [-0.39, 0.29) is 0 Å². The van der Waals surface area contributed by atoms with Crippen molar-refractivity contribution in [1.29, 1.82) is 0 Å². The number of hydrogen-bond donors (Lipinski definition) is 0. The largest absolute Gasteiger partial charge is 0.381 e. The molecular weight excluding hydrogens is 152 g/mol. The minimum Gasteiger partial charge on any atom is -0.381 e. The van der Waals surface area contributed by atoms with Gasteiger partial charge in [0.05, 0.1) is 0 Å². The van der Waals surface area contributed by atoms with Gasteiger partial charge in [0.1, 0.15) is 5.78 Å². The van der Waals surface area contributed by atoms with Gasteiger partial charge < -0.3 is 4.74 Å². The normalized spacial score (nSPS) is 36.4. The maximum atomic E-state index is 11.7. The summed E-state index contributed by atoms with van der Waals surface area (Å²) in [6.07, 6.45) is 3.06. The quantitative estimate of drug-likeness (QED) is 0.626. The van der Waals surface area contributed by atoms with Gasteiger partial charge in [0, 0.05) is 25.0 Å². The maximum Gasteiger partial charge on any atom is 0.139 e. The van der Waals surface area contributed by atoms with Crippen LogP contribution in [-0.2, 0) is 9.53 Å². The molecule has 0 aromatic rings. The summed E-state index contributed by atoms with van der Waals surface area (Å²) in [5.74, 6) is 1.92. The summed E-state index contributed by atoms with van der Waals surface area (Å²) in [7, 11) is 0. The molecule has 2 fully saturated rings. The number of carbonyl (C=O) groups excluding carboxylic acids is 1. The van der Waals surface area contributed by atoms with Gasteiger partial charge in [-0.1, -0.05) is 6.92 Å². The van der Waals surface area contributed by atoms with Crippen LogP contribution in [-0.4, -0.2) is 19.0 Å². The second-order valence-electron chi connectivity index (χ2n) is 4.11. The zero-order valence-corrected chi connectivity index (χ0v) is 7.58. The molecule has 2 heteroatoms. The molecule has 2 rings (SSSR count). The average Bonchev–Trinajstić information content (AvgIpc) is 2.83. The minimum atomic E-state index is 0.327. The van der Waals surface area contributed by atoms with E-state index in [1.807, 2.05) is 0 Å². The van der Waals surface area contributed by atoms with Crippen LogP contribution < -0.4 is 0 Å². The van der Waals surface area contributed by atoms with Crippen molar-refractivity contribution in [2.75, 3.05) is 13.2 Å². The third kappa shape index (κ3) is 1.53. The van der Waals surface area contributed by atoms with Crippen molar-refractivity contribution in [3.63, 3.8) is 0 Å². The first-order valence-electron chi connectivity index (χ1n) is 4.90. The predicted octanol–water partition coefficient (Wildman–Crippen LogP) is 1.64. The molecule has 2 atom stereocenters. The average molecular weight is 168 g/mol. The molecule has 0 N–H and O–H groups in total. The van der Waals surface area contributed by atoms with Crippen molar-refractivity contribution in [2.45, 2.75) is 26.2 Å². The van der Waals surface area contributed by atoms with Gasteiger partial charge in [0.2, 0.25) is 0 Å². The maximum absolute atomic E-state index is 11.7. The summed E-state index contributed by atoms with van der Waals surface area (Å²) in [6.45, 7) is 3.75. The van der Waals surface area contributed by atoms with E-state index in [2.05, 4.69) is 6.92 Å². The number of ether oxygens (including phenoxy) is 1. The van der Waals surface area contributed by atoms with E-state index in [0.29, 0.717) is 23.5 Å². The second kappa shape index (κ2) is 3.17. The Labute approximate surface area is 73.3 Å². The van der Waals surface area contributed by atoms with Gasteiger partial charge in [-0.05, 0) is 25.2 Å². The monoisotopic (exact) mass is 168 g/mol. The van der Waals surface area contributed by atoms with Crippen LogP contribution in [0.2, 0.25) is 0 Å². The van der Waals surface area contributed by atoms with E-state index >= 15 is 0 Å². The molecule has 12 heavy (non-hydrogen) atoms. The van der Waals surface area contributed by atoms with E-state index < -0.39 is 0 Å². The Morgan fingerprint density at radius 1 is 1.33 bits per heavy atom. The smallest absolute Gasteiger partial charge is 0.139 e. The van der Waals surface area contributed by atoms with E-state index in [0.717, 1.165) is 32.5 Å². The highest BCUT2D eigenvalue weighted by atomic mass is 16.5. The fourth-order valence-corrected chi connectivity index (χ4v) is 2.00. The summed E-state index contributed by atoms with van der Waals surface area (Å²) in [5, 5.41) is 0. The van der Waals surface area contributed by atoms with Gasteiger partial charge in [0.25, 0.3) is 0 Å². The Morgan fingerprint density at radius 3 is 2.42 bits per heavy atom. The van der Waals surface area contributed by atoms with Crippen LogP contribution >= 0.6 is 0 Å². The molecule has 68 valence electrons. The molecule has 0 radical (unpaired) electrons. The SMILES string of the molecule is CC1CC1C(=O)C1CCOCC1. The van der Waals surface area contributed by atoms with Crippen LogP contribution in [0.1, 0.15) is 26.2 Å². The zero-order valence-electron chi connectivity index (χ0n) is 7.58. The molecular formula is C10H16O2. The van der Waals surface area contributed by atoms with Gasteiger partial charge >= 0.3 is 0 Å². The molecule has 0 bridgehead atoms. The van der Waals surface area contributed by atoms with Crippen LogP contribution in [0.5, 0.6) is 0 Å². The van der Waals surface area contributed by atoms with Gasteiger partial charge in [-0.3, -0.25) is 4.79 Å². The van der Waals surface area contributed by atoms with Crippen LogP contribution in [0.3, 0.4) is 0 Å². The predicted molar refractivity (Wildman–Crippen MR) is 45.8 cm³/mol. The number of Topliss-reactive ketones (excluding diaryl/α,β-unsaturated/α-hetero) is 1. The number of ketones is 1. The van der Waals surface area contributed by atoms with E-state index in [1.165, 1.54) is 0 Å². The molecule has 0 aromatic heterocycles. The summed E-state index contributed by atoms with van der Waals surface area (Å²) < 4.78 is 5.22. The fraction of sp³-hybridized carbons (Fsp3) is 0.900. The molecule has 2 nitrogen and oxygen atoms in total. The van der Waals surface area contributed by atoms with Crippen molar-refractivity contribution < 1.29 is 9.53 Å². The van der Waals surface area contributed by atoms with Gasteiger partial charge in [-0.25, -0.2) is 0 Å². The highest BCUT2D eigenvalue weighted by Gasteiger charge is 2.41. The first-order chi connectivity index (χ1) is 5.79. The molecule has 1 aliphatic carbocycles. The molecule has 1 aliphatic heterocycles. The Balaban J connectivity index is 1.86. The Hall–Kier alpha value is -0.370. The standard InChI is InChI=1S/C10H16O2/c1-7-6-9(7)10(11)8-2-4-12-5-3-8/h7-9H,2-6H2,1H3. The molecule has 2 unspecified atom stereocenters. The lowest BCUT2D eigenvalue weighted by atomic mass is 9.92. The van der Waals surface area contributed by atoms with Gasteiger partial charge in [-0.2, -0.15) is 0 Å². The number of hydrogen-bond acceptors (Lipinski definition) is 2.